The van der Waals surface area contributed by atoms with Crippen LogP contribution in [0, 0.1) is 5.92 Å². The van der Waals surface area contributed by atoms with Gasteiger partial charge in [0.2, 0.25) is 5.91 Å². The Balaban J connectivity index is 1.89. The lowest BCUT2D eigenvalue weighted by molar-refractivity contribution is -0.116. The largest absolute Gasteiger partial charge is 0.454 e. The Morgan fingerprint density at radius 1 is 1.04 bits per heavy atom. The Kier molecular flexibility index (Phi) is 6.92. The minimum absolute atomic E-state index is 0.0745. The number of ketones is 1. The van der Waals surface area contributed by atoms with Crippen LogP contribution in [0.25, 0.3) is 0 Å². The van der Waals surface area contributed by atoms with Gasteiger partial charge in [-0.15, -0.1) is 0 Å². The Morgan fingerprint density at radius 3 is 2.35 bits per heavy atom. The molecule has 26 heavy (non-hydrogen) atoms. The molecule has 6 heteroatoms. The van der Waals surface area contributed by atoms with Gasteiger partial charge in [0, 0.05) is 22.7 Å². The molecule has 0 saturated carbocycles. The zero-order valence-corrected chi connectivity index (χ0v) is 15.4. The first kappa shape index (κ1) is 19.7. The first-order chi connectivity index (χ1) is 12.3. The maximum atomic E-state index is 12.1. The highest BCUT2D eigenvalue weighted by Gasteiger charge is 2.12. The molecule has 0 aliphatic rings. The molecule has 0 radical (unpaired) electrons. The van der Waals surface area contributed by atoms with Crippen LogP contribution in [-0.4, -0.2) is 24.3 Å². The van der Waals surface area contributed by atoms with Crippen molar-refractivity contribution in [3.63, 3.8) is 0 Å². The molecule has 2 aromatic carbocycles. The standard InChI is InChI=1S/C20H20ClNO4/c1-13(2)10-19(24)22-17-8-6-14(7-9-17)18(23)12-26-20(25)15-4-3-5-16(21)11-15/h3-9,11,13H,10,12H2,1-2H3,(H,22,24). The summed E-state index contributed by atoms with van der Waals surface area (Å²) < 4.78 is 5.02. The number of carbonyl (C=O) groups excluding carboxylic acids is 3. The van der Waals surface area contributed by atoms with E-state index in [0.29, 0.717) is 22.7 Å². The lowest BCUT2D eigenvalue weighted by atomic mass is 10.1. The number of benzene rings is 2. The van der Waals surface area contributed by atoms with E-state index in [9.17, 15) is 14.4 Å². The summed E-state index contributed by atoms with van der Waals surface area (Å²) in [6.45, 7) is 3.56. The number of anilines is 1. The number of carbonyl (C=O) groups is 3. The van der Waals surface area contributed by atoms with Crippen LogP contribution in [0.15, 0.2) is 48.5 Å². The summed E-state index contributed by atoms with van der Waals surface area (Å²) in [5.41, 5.74) is 1.29. The van der Waals surface area contributed by atoms with Crippen LogP contribution < -0.4 is 5.32 Å². The van der Waals surface area contributed by atoms with Gasteiger partial charge in [0.25, 0.3) is 0 Å². The van der Waals surface area contributed by atoms with Crippen molar-refractivity contribution in [1.82, 2.24) is 0 Å². The van der Waals surface area contributed by atoms with E-state index in [1.807, 2.05) is 13.8 Å². The molecule has 0 aliphatic carbocycles. The summed E-state index contributed by atoms with van der Waals surface area (Å²) in [4.78, 5) is 35.8. The Morgan fingerprint density at radius 2 is 1.73 bits per heavy atom. The van der Waals surface area contributed by atoms with Crippen molar-refractivity contribution in [2.75, 3.05) is 11.9 Å². The second kappa shape index (κ2) is 9.15. The van der Waals surface area contributed by atoms with Gasteiger partial charge in [-0.25, -0.2) is 4.79 Å². The number of halogens is 1. The van der Waals surface area contributed by atoms with Gasteiger partial charge in [-0.05, 0) is 48.4 Å². The van der Waals surface area contributed by atoms with Crippen molar-refractivity contribution >= 4 is 34.9 Å². The number of esters is 1. The summed E-state index contributed by atoms with van der Waals surface area (Å²) in [7, 11) is 0. The second-order valence-corrected chi connectivity index (χ2v) is 6.67. The highest BCUT2D eigenvalue weighted by atomic mass is 35.5. The Hall–Kier alpha value is -2.66. The zero-order chi connectivity index (χ0) is 19.1. The maximum Gasteiger partial charge on any atom is 0.338 e. The van der Waals surface area contributed by atoms with E-state index in [-0.39, 0.29) is 29.8 Å². The molecule has 2 aromatic rings. The quantitative estimate of drug-likeness (QED) is 0.578. The fourth-order valence-electron chi connectivity index (χ4n) is 2.24. The van der Waals surface area contributed by atoms with Gasteiger partial charge in [0.1, 0.15) is 0 Å². The highest BCUT2D eigenvalue weighted by molar-refractivity contribution is 6.30. The molecule has 0 saturated heterocycles. The summed E-state index contributed by atoms with van der Waals surface area (Å²) in [6, 6.07) is 12.8. The summed E-state index contributed by atoms with van der Waals surface area (Å²) in [5.74, 6) is -0.751. The number of amides is 1. The lowest BCUT2D eigenvalue weighted by Gasteiger charge is -2.08. The highest BCUT2D eigenvalue weighted by Crippen LogP contribution is 2.14. The van der Waals surface area contributed by atoms with Crippen LogP contribution in [0.2, 0.25) is 5.02 Å². The number of hydrogen-bond donors (Lipinski definition) is 1. The second-order valence-electron chi connectivity index (χ2n) is 6.23. The van der Waals surface area contributed by atoms with Gasteiger partial charge in [-0.3, -0.25) is 9.59 Å². The molecule has 0 heterocycles. The van der Waals surface area contributed by atoms with E-state index in [4.69, 9.17) is 16.3 Å². The van der Waals surface area contributed by atoms with E-state index in [1.165, 1.54) is 6.07 Å². The normalized spacial score (nSPS) is 10.5. The minimum Gasteiger partial charge on any atom is -0.454 e. The zero-order valence-electron chi connectivity index (χ0n) is 14.6. The van der Waals surface area contributed by atoms with Crippen LogP contribution >= 0.6 is 11.6 Å². The van der Waals surface area contributed by atoms with Crippen molar-refractivity contribution in [3.05, 3.63) is 64.7 Å². The SMILES string of the molecule is CC(C)CC(=O)Nc1ccc(C(=O)COC(=O)c2cccc(Cl)c2)cc1. The fourth-order valence-corrected chi connectivity index (χ4v) is 2.43. The first-order valence-corrected chi connectivity index (χ1v) is 8.58. The van der Waals surface area contributed by atoms with E-state index >= 15 is 0 Å². The van der Waals surface area contributed by atoms with E-state index in [2.05, 4.69) is 5.32 Å². The van der Waals surface area contributed by atoms with Crippen LogP contribution in [0.5, 0.6) is 0 Å². The topological polar surface area (TPSA) is 72.5 Å². The third-order valence-corrected chi connectivity index (χ3v) is 3.71. The predicted molar refractivity (Wildman–Crippen MR) is 101 cm³/mol. The third-order valence-electron chi connectivity index (χ3n) is 3.48. The van der Waals surface area contributed by atoms with Gasteiger partial charge in [-0.2, -0.15) is 0 Å². The molecule has 0 bridgehead atoms. The van der Waals surface area contributed by atoms with Crippen LogP contribution in [-0.2, 0) is 9.53 Å². The fraction of sp³-hybridized carbons (Fsp3) is 0.250. The maximum absolute atomic E-state index is 12.1. The number of rotatable bonds is 7. The third kappa shape index (κ3) is 6.01. The lowest BCUT2D eigenvalue weighted by Crippen LogP contribution is -2.15. The van der Waals surface area contributed by atoms with Crippen LogP contribution in [0.3, 0.4) is 0 Å². The van der Waals surface area contributed by atoms with E-state index < -0.39 is 5.97 Å². The van der Waals surface area contributed by atoms with Crippen LogP contribution in [0.4, 0.5) is 5.69 Å². The molecule has 2 rings (SSSR count). The first-order valence-electron chi connectivity index (χ1n) is 8.21. The van der Waals surface area contributed by atoms with Crippen molar-refractivity contribution in [2.24, 2.45) is 5.92 Å². The molecule has 0 spiro atoms. The van der Waals surface area contributed by atoms with Gasteiger partial charge < -0.3 is 10.1 Å². The van der Waals surface area contributed by atoms with Gasteiger partial charge in [0.15, 0.2) is 12.4 Å². The van der Waals surface area contributed by atoms with E-state index in [0.717, 1.165) is 0 Å². The monoisotopic (exact) mass is 373 g/mol. The van der Waals surface area contributed by atoms with Gasteiger partial charge >= 0.3 is 5.97 Å². The van der Waals surface area contributed by atoms with Crippen LogP contribution in [0.1, 0.15) is 41.0 Å². The Labute approximate surface area is 157 Å². The van der Waals surface area contributed by atoms with E-state index in [1.54, 1.807) is 42.5 Å². The van der Waals surface area contributed by atoms with Crippen molar-refractivity contribution < 1.29 is 19.1 Å². The molecular formula is C20H20ClNO4. The van der Waals surface area contributed by atoms with Crippen molar-refractivity contribution in [1.29, 1.82) is 0 Å². The molecule has 1 amide bonds. The molecule has 0 atom stereocenters. The average molecular weight is 374 g/mol. The van der Waals surface area contributed by atoms with Crippen molar-refractivity contribution in [2.45, 2.75) is 20.3 Å². The smallest absolute Gasteiger partial charge is 0.338 e. The van der Waals surface area contributed by atoms with Gasteiger partial charge in [-0.1, -0.05) is 31.5 Å². The summed E-state index contributed by atoms with van der Waals surface area (Å²) in [6.07, 6.45) is 0.431. The molecule has 136 valence electrons. The summed E-state index contributed by atoms with van der Waals surface area (Å²) in [5, 5.41) is 3.19. The molecule has 5 nitrogen and oxygen atoms in total. The number of nitrogens with one attached hydrogen (secondary N) is 1. The number of Topliss-reactive ketones (excluding diaryl/α,β-unsaturated/α-hetero) is 1. The number of ether oxygens (including phenoxy) is 1. The average Bonchev–Trinajstić information content (AvgIpc) is 2.59. The van der Waals surface area contributed by atoms with Gasteiger partial charge in [0.05, 0.1) is 5.56 Å². The summed E-state index contributed by atoms with van der Waals surface area (Å²) >= 11 is 5.82. The predicted octanol–water partition coefficient (Wildman–Crippen LogP) is 4.36. The molecule has 1 N–H and O–H groups in total. The minimum atomic E-state index is -0.613. The molecule has 0 unspecified atom stereocenters. The van der Waals surface area contributed by atoms with Crippen molar-refractivity contribution in [3.8, 4) is 0 Å². The Bertz CT molecular complexity index is 800. The molecular weight excluding hydrogens is 354 g/mol. The molecule has 0 aliphatic heterocycles. The number of hydrogen-bond acceptors (Lipinski definition) is 4. The molecule has 0 aromatic heterocycles. The molecule has 0 fully saturated rings.